The molecule has 8 heterocycles. The number of ether oxygens (including phenoxy) is 2. The van der Waals surface area contributed by atoms with Crippen molar-refractivity contribution in [1.29, 1.82) is 0 Å². The van der Waals surface area contributed by atoms with Gasteiger partial charge in [-0.05, 0) is 93.3 Å². The number of anilines is 2. The molecule has 6 atom stereocenters. The maximum Gasteiger partial charge on any atom is 0.409 e. The highest BCUT2D eigenvalue weighted by Gasteiger charge is 2.57. The zero-order valence-electron chi connectivity index (χ0n) is 39.5. The number of benzene rings is 4. The Hall–Kier alpha value is -5.60. The largest absolute Gasteiger partial charge is 0.453 e. The van der Waals surface area contributed by atoms with Crippen LogP contribution < -0.4 is 9.80 Å². The summed E-state index contributed by atoms with van der Waals surface area (Å²) in [5.74, 6) is 0.0447. The van der Waals surface area contributed by atoms with Crippen molar-refractivity contribution in [3.05, 3.63) is 97.1 Å². The quantitative estimate of drug-likeness (QED) is 0.141. The average Bonchev–Trinajstić information content (AvgIpc) is 4.19. The van der Waals surface area contributed by atoms with E-state index in [1.165, 1.54) is 7.11 Å². The fourth-order valence-corrected chi connectivity index (χ4v) is 14.0. The van der Waals surface area contributed by atoms with Gasteiger partial charge in [-0.15, -0.1) is 0 Å². The molecule has 368 valence electrons. The second-order valence-electron chi connectivity index (χ2n) is 19.5. The number of methoxy groups -OCH3 is 1. The van der Waals surface area contributed by atoms with E-state index in [4.69, 9.17) is 9.47 Å². The first-order chi connectivity index (χ1) is 34.0. The summed E-state index contributed by atoms with van der Waals surface area (Å²) in [6, 6.07) is 32.1. The number of para-hydroxylation sites is 2. The number of H-pyrrole nitrogens is 2. The Bertz CT molecular complexity index is 2920. The number of hydrogen-bond acceptors (Lipinski definition) is 10. The lowest BCUT2D eigenvalue weighted by Gasteiger charge is -2.60. The van der Waals surface area contributed by atoms with Crippen molar-refractivity contribution in [2.24, 2.45) is 0 Å². The van der Waals surface area contributed by atoms with Gasteiger partial charge in [0.1, 0.15) is 28.0 Å². The number of aromatic amines is 2. The van der Waals surface area contributed by atoms with Crippen LogP contribution in [0.5, 0.6) is 0 Å². The Morgan fingerprint density at radius 2 is 1.24 bits per heavy atom. The van der Waals surface area contributed by atoms with Gasteiger partial charge >= 0.3 is 6.09 Å². The van der Waals surface area contributed by atoms with Gasteiger partial charge in [0, 0.05) is 121 Å². The van der Waals surface area contributed by atoms with E-state index in [2.05, 4.69) is 44.0 Å². The number of carbonyl (C=O) groups is 2. The van der Waals surface area contributed by atoms with Crippen LogP contribution in [-0.2, 0) is 36.2 Å². The van der Waals surface area contributed by atoms with Crippen LogP contribution in [0.4, 0.5) is 16.2 Å². The third kappa shape index (κ3) is 8.70. The first-order valence-corrected chi connectivity index (χ1v) is 26.6. The van der Waals surface area contributed by atoms with Gasteiger partial charge in [0.2, 0.25) is 5.91 Å². The molecular weight excluding hydrogens is 929 g/mol. The highest BCUT2D eigenvalue weighted by molar-refractivity contribution is 7.83. The second kappa shape index (κ2) is 19.2. The highest BCUT2D eigenvalue weighted by atomic mass is 32.2. The van der Waals surface area contributed by atoms with Crippen molar-refractivity contribution in [1.82, 2.24) is 28.4 Å². The average molecular weight is 989 g/mol. The summed E-state index contributed by atoms with van der Waals surface area (Å²) in [6.45, 7) is 8.87. The summed E-state index contributed by atoms with van der Waals surface area (Å²) in [6.07, 6.45) is 2.10. The molecule has 1 spiro atoms. The Labute approximate surface area is 412 Å². The number of aromatic nitrogens is 2. The summed E-state index contributed by atoms with van der Waals surface area (Å²) < 4.78 is 41.6. The molecule has 0 bridgehead atoms. The van der Waals surface area contributed by atoms with Gasteiger partial charge in [0.05, 0.1) is 47.9 Å². The maximum absolute atomic E-state index is 13.9. The Morgan fingerprint density at radius 1 is 0.700 bits per heavy atom. The number of aliphatic hydroxyl groups excluding tert-OH is 2. The van der Waals surface area contributed by atoms with Crippen LogP contribution >= 0.6 is 0 Å². The van der Waals surface area contributed by atoms with Crippen LogP contribution in [0.25, 0.3) is 44.3 Å². The summed E-state index contributed by atoms with van der Waals surface area (Å²) in [5.41, 5.74) is 7.76. The molecule has 6 aliphatic rings. The number of nitrogens with one attached hydrogen (secondary N) is 2. The fourth-order valence-electron chi connectivity index (χ4n) is 11.0. The van der Waals surface area contributed by atoms with Crippen molar-refractivity contribution in [3.8, 4) is 22.5 Å². The predicted molar refractivity (Wildman–Crippen MR) is 271 cm³/mol. The lowest BCUT2D eigenvalue weighted by atomic mass is 9.80. The molecule has 6 saturated heterocycles. The molecule has 6 aromatic rings. The Morgan fingerprint density at radius 3 is 1.71 bits per heavy atom. The minimum atomic E-state index is -1.47. The van der Waals surface area contributed by atoms with E-state index < -0.39 is 22.0 Å². The van der Waals surface area contributed by atoms with Gasteiger partial charge in [-0.3, -0.25) is 4.79 Å². The molecule has 4 N–H and O–H groups in total. The van der Waals surface area contributed by atoms with Gasteiger partial charge in [-0.1, -0.05) is 36.4 Å². The lowest BCUT2D eigenvalue weighted by molar-refractivity contribution is -0.144. The van der Waals surface area contributed by atoms with E-state index in [1.807, 2.05) is 93.2 Å². The molecule has 0 aliphatic carbocycles. The topological polar surface area (TPSA) is 178 Å². The summed E-state index contributed by atoms with van der Waals surface area (Å²) in [7, 11) is -1.42. The van der Waals surface area contributed by atoms with Crippen LogP contribution in [-0.4, -0.2) is 168 Å². The predicted octanol–water partition coefficient (Wildman–Crippen LogP) is 5.71. The molecule has 0 saturated carbocycles. The lowest BCUT2D eigenvalue weighted by Crippen LogP contribution is -2.77. The SMILES string of the molecule is CC1CC(C(=O)N2CCOCC2)N1S(=O)c1ccc(N2CCC(O)C2)c(-c2cc3ccccc3[nH]2)c1.COC(=O)N1CC2(CCN2S(=O)c2ccc(N3CCC(O)C3)c(-c3cc4ccccc4[nH]3)c2)C1. The van der Waals surface area contributed by atoms with Crippen LogP contribution in [0.2, 0.25) is 0 Å². The molecular formula is C52H60N8O8S2. The summed E-state index contributed by atoms with van der Waals surface area (Å²) in [5, 5.41) is 22.5. The van der Waals surface area contributed by atoms with Crippen molar-refractivity contribution in [3.63, 3.8) is 0 Å². The van der Waals surface area contributed by atoms with Crippen LogP contribution in [0, 0.1) is 0 Å². The zero-order valence-corrected chi connectivity index (χ0v) is 41.1. The first-order valence-electron chi connectivity index (χ1n) is 24.4. The smallest absolute Gasteiger partial charge is 0.409 e. The highest BCUT2D eigenvalue weighted by Crippen LogP contribution is 2.44. The maximum atomic E-state index is 13.9. The van der Waals surface area contributed by atoms with Crippen molar-refractivity contribution < 1.29 is 37.7 Å². The van der Waals surface area contributed by atoms with E-state index in [9.17, 15) is 28.2 Å². The van der Waals surface area contributed by atoms with E-state index in [0.29, 0.717) is 63.8 Å². The van der Waals surface area contributed by atoms with Crippen LogP contribution in [0.3, 0.4) is 0 Å². The number of amides is 2. The number of rotatable bonds is 9. The number of β-amino-alcohol motifs (C(OH)–C–C–N with tert-alkyl or cyclic N) is 2. The molecule has 6 fully saturated rings. The minimum absolute atomic E-state index is 0.0447. The number of nitrogens with zero attached hydrogens (tertiary/aromatic N) is 6. The summed E-state index contributed by atoms with van der Waals surface area (Å²) in [4.78, 5) is 41.3. The number of morpholine rings is 1. The van der Waals surface area contributed by atoms with E-state index in [1.54, 1.807) is 4.90 Å². The third-order valence-electron chi connectivity index (χ3n) is 15.0. The van der Waals surface area contributed by atoms with Gasteiger partial charge in [-0.2, -0.15) is 0 Å². The number of hydrogen-bond donors (Lipinski definition) is 4. The molecule has 18 heteroatoms. The molecule has 12 rings (SSSR count). The fraction of sp³-hybridized carbons (Fsp3) is 0.423. The Kier molecular flexibility index (Phi) is 12.8. The van der Waals surface area contributed by atoms with Gasteiger partial charge < -0.3 is 49.3 Å². The minimum Gasteiger partial charge on any atom is -0.453 e. The monoisotopic (exact) mass is 988 g/mol. The summed E-state index contributed by atoms with van der Waals surface area (Å²) >= 11 is 0. The van der Waals surface area contributed by atoms with E-state index >= 15 is 0 Å². The van der Waals surface area contributed by atoms with Crippen molar-refractivity contribution in [2.45, 2.75) is 72.2 Å². The number of likely N-dealkylation sites (tertiary alicyclic amines) is 1. The molecule has 4 aromatic carbocycles. The van der Waals surface area contributed by atoms with E-state index in [0.717, 1.165) is 99.5 Å². The molecule has 16 nitrogen and oxygen atoms in total. The normalized spacial score (nSPS) is 24.2. The van der Waals surface area contributed by atoms with Gasteiger partial charge in [0.15, 0.2) is 0 Å². The zero-order chi connectivity index (χ0) is 48.3. The number of carbonyl (C=O) groups excluding carboxylic acids is 2. The number of aliphatic hydroxyl groups is 2. The standard InChI is InChI=1S/C27H32N4O4S.C25H28N4O4S/c1-18-14-26(27(33)29-10-12-35-13-11-29)31(18)36(34)21-6-7-25(30-9-8-20(32)17-30)22(16-21)24-15-19-4-2-3-5-23(19)28-24;1-33-24(31)28-15-25(16-28)9-11-29(25)34(32)19-6-7-23(27-10-8-18(30)14-27)20(13-19)22-12-17-4-2-3-5-21(17)26-22/h2-7,15-16,18,20,26,28,32H,8-14,17H2,1H3;2-7,12-13,18,26,30H,8-11,14-16H2,1H3. The second-order valence-corrected chi connectivity index (χ2v) is 22.3. The van der Waals surface area contributed by atoms with Gasteiger partial charge in [0.25, 0.3) is 0 Å². The van der Waals surface area contributed by atoms with Crippen LogP contribution in [0.15, 0.2) is 107 Å². The van der Waals surface area contributed by atoms with Crippen LogP contribution in [0.1, 0.15) is 32.6 Å². The third-order valence-corrected chi connectivity index (χ3v) is 18.3. The molecule has 6 unspecified atom stereocenters. The van der Waals surface area contributed by atoms with E-state index in [-0.39, 0.29) is 41.8 Å². The van der Waals surface area contributed by atoms with Gasteiger partial charge in [-0.25, -0.2) is 21.8 Å². The molecule has 0 radical (unpaired) electrons. The van der Waals surface area contributed by atoms with Crippen molar-refractivity contribution >= 4 is 67.2 Å². The number of fused-ring (bicyclic) bond motifs is 2. The first kappa shape index (κ1) is 46.8. The molecule has 6 aliphatic heterocycles. The molecule has 70 heavy (non-hydrogen) atoms. The molecule has 2 aromatic heterocycles. The molecule has 2 amide bonds. The van der Waals surface area contributed by atoms with Crippen molar-refractivity contribution in [2.75, 3.05) is 89.0 Å². The Balaban J connectivity index is 0.000000153.